The molecule has 84 valence electrons. The summed E-state index contributed by atoms with van der Waals surface area (Å²) in [5.41, 5.74) is 10.5. The molecule has 0 aliphatic rings. The van der Waals surface area contributed by atoms with Gasteiger partial charge >= 0.3 is 5.97 Å². The van der Waals surface area contributed by atoms with Crippen molar-refractivity contribution >= 4 is 5.97 Å². The molecule has 1 atom stereocenters. The van der Waals surface area contributed by atoms with Gasteiger partial charge in [0.2, 0.25) is 0 Å². The van der Waals surface area contributed by atoms with Crippen LogP contribution in [0.25, 0.3) is 0 Å². The molecule has 0 spiro atoms. The van der Waals surface area contributed by atoms with Crippen molar-refractivity contribution in [1.82, 2.24) is 0 Å². The third kappa shape index (κ3) is 6.86. The molecule has 0 saturated heterocycles. The summed E-state index contributed by atoms with van der Waals surface area (Å²) in [5.74, 6) is -0.325. The standard InChI is InChI=1S/C10H22N2O2/c1-10(2,3)14-9(13)8(12)6-4-5-7-11/h8H,4-7,11-12H2,1-3H3. The molecule has 0 aromatic carbocycles. The van der Waals surface area contributed by atoms with E-state index in [4.69, 9.17) is 16.2 Å². The number of carbonyl (C=O) groups is 1. The average Bonchev–Trinajstić information content (AvgIpc) is 2.01. The summed E-state index contributed by atoms with van der Waals surface area (Å²) in [5, 5.41) is 0. The van der Waals surface area contributed by atoms with Crippen LogP contribution in [-0.4, -0.2) is 24.2 Å². The number of esters is 1. The van der Waals surface area contributed by atoms with Crippen LogP contribution in [0.2, 0.25) is 0 Å². The molecule has 0 rings (SSSR count). The number of unbranched alkanes of at least 4 members (excludes halogenated alkanes) is 1. The predicted octanol–water partition coefficient (Wildman–Crippen LogP) is 0.784. The Morgan fingerprint density at radius 1 is 1.36 bits per heavy atom. The third-order valence-electron chi connectivity index (χ3n) is 1.68. The summed E-state index contributed by atoms with van der Waals surface area (Å²) in [6.07, 6.45) is 2.42. The third-order valence-corrected chi connectivity index (χ3v) is 1.68. The van der Waals surface area contributed by atoms with Crippen LogP contribution in [-0.2, 0) is 9.53 Å². The van der Waals surface area contributed by atoms with E-state index in [1.807, 2.05) is 20.8 Å². The Balaban J connectivity index is 3.77. The van der Waals surface area contributed by atoms with Gasteiger partial charge in [-0.3, -0.25) is 4.79 Å². The molecular weight excluding hydrogens is 180 g/mol. The fourth-order valence-corrected chi connectivity index (χ4v) is 1.00. The van der Waals surface area contributed by atoms with Crippen molar-refractivity contribution in [2.24, 2.45) is 11.5 Å². The predicted molar refractivity (Wildman–Crippen MR) is 56.7 cm³/mol. The highest BCUT2D eigenvalue weighted by Gasteiger charge is 2.21. The minimum Gasteiger partial charge on any atom is -0.459 e. The molecule has 0 aromatic rings. The summed E-state index contributed by atoms with van der Waals surface area (Å²) < 4.78 is 5.13. The average molecular weight is 202 g/mol. The van der Waals surface area contributed by atoms with Crippen molar-refractivity contribution in [3.05, 3.63) is 0 Å². The first-order valence-electron chi connectivity index (χ1n) is 5.05. The highest BCUT2D eigenvalue weighted by molar-refractivity contribution is 5.75. The first-order chi connectivity index (χ1) is 6.37. The van der Waals surface area contributed by atoms with Crippen LogP contribution in [0.3, 0.4) is 0 Å². The van der Waals surface area contributed by atoms with E-state index in [0.29, 0.717) is 13.0 Å². The van der Waals surface area contributed by atoms with Crippen LogP contribution in [0.15, 0.2) is 0 Å². The van der Waals surface area contributed by atoms with E-state index < -0.39 is 11.6 Å². The van der Waals surface area contributed by atoms with Crippen molar-refractivity contribution in [2.45, 2.75) is 51.7 Å². The maximum absolute atomic E-state index is 11.4. The van der Waals surface area contributed by atoms with Crippen LogP contribution >= 0.6 is 0 Å². The topological polar surface area (TPSA) is 78.3 Å². The second kappa shape index (κ2) is 5.98. The van der Waals surface area contributed by atoms with Crippen molar-refractivity contribution < 1.29 is 9.53 Å². The molecule has 0 bridgehead atoms. The summed E-state index contributed by atoms with van der Waals surface area (Å²) in [6.45, 7) is 6.13. The molecule has 0 aliphatic carbocycles. The number of hydrogen-bond donors (Lipinski definition) is 2. The Morgan fingerprint density at radius 2 is 1.93 bits per heavy atom. The normalized spacial score (nSPS) is 13.8. The number of rotatable bonds is 5. The highest BCUT2D eigenvalue weighted by atomic mass is 16.6. The molecule has 0 amide bonds. The Bertz CT molecular complexity index is 175. The maximum atomic E-state index is 11.4. The zero-order chi connectivity index (χ0) is 11.2. The molecular formula is C10H22N2O2. The molecule has 4 N–H and O–H groups in total. The summed E-state index contributed by atoms with van der Waals surface area (Å²) in [6, 6.07) is -0.513. The van der Waals surface area contributed by atoms with Crippen LogP contribution < -0.4 is 11.5 Å². The molecule has 0 heterocycles. The van der Waals surface area contributed by atoms with Crippen LogP contribution in [0, 0.1) is 0 Å². The quantitative estimate of drug-likeness (QED) is 0.510. The van der Waals surface area contributed by atoms with Gasteiger partial charge in [-0.15, -0.1) is 0 Å². The summed E-state index contributed by atoms with van der Waals surface area (Å²) in [4.78, 5) is 11.4. The smallest absolute Gasteiger partial charge is 0.323 e. The van der Waals surface area contributed by atoms with Crippen molar-refractivity contribution in [3.8, 4) is 0 Å². The van der Waals surface area contributed by atoms with Gasteiger partial charge in [0.25, 0.3) is 0 Å². The molecule has 0 saturated carbocycles. The Kier molecular flexibility index (Phi) is 5.72. The van der Waals surface area contributed by atoms with E-state index in [0.717, 1.165) is 12.8 Å². The molecule has 0 aromatic heterocycles. The lowest BCUT2D eigenvalue weighted by Crippen LogP contribution is -2.37. The van der Waals surface area contributed by atoms with Gasteiger partial charge in [-0.25, -0.2) is 0 Å². The largest absolute Gasteiger partial charge is 0.459 e. The minimum atomic E-state index is -0.513. The van der Waals surface area contributed by atoms with Gasteiger partial charge in [-0.05, 0) is 40.2 Å². The molecule has 4 heteroatoms. The maximum Gasteiger partial charge on any atom is 0.323 e. The van der Waals surface area contributed by atoms with Gasteiger partial charge in [0.05, 0.1) is 0 Å². The lowest BCUT2D eigenvalue weighted by Gasteiger charge is -2.22. The number of ether oxygens (including phenoxy) is 1. The van der Waals surface area contributed by atoms with Crippen molar-refractivity contribution in [3.63, 3.8) is 0 Å². The van der Waals surface area contributed by atoms with Gasteiger partial charge in [0.15, 0.2) is 0 Å². The van der Waals surface area contributed by atoms with E-state index in [1.165, 1.54) is 0 Å². The summed E-state index contributed by atoms with van der Waals surface area (Å²) >= 11 is 0. The van der Waals surface area contributed by atoms with Gasteiger partial charge in [0, 0.05) is 0 Å². The second-order valence-corrected chi connectivity index (χ2v) is 4.42. The van der Waals surface area contributed by atoms with E-state index in [9.17, 15) is 4.79 Å². The Hall–Kier alpha value is -0.610. The molecule has 4 nitrogen and oxygen atoms in total. The van der Waals surface area contributed by atoms with Gasteiger partial charge in [-0.2, -0.15) is 0 Å². The Labute approximate surface area is 86.0 Å². The number of hydrogen-bond acceptors (Lipinski definition) is 4. The number of carbonyl (C=O) groups excluding carboxylic acids is 1. The van der Waals surface area contributed by atoms with Crippen molar-refractivity contribution in [1.29, 1.82) is 0 Å². The molecule has 0 aliphatic heterocycles. The van der Waals surface area contributed by atoms with Crippen LogP contribution in [0.4, 0.5) is 0 Å². The minimum absolute atomic E-state index is 0.325. The monoisotopic (exact) mass is 202 g/mol. The van der Waals surface area contributed by atoms with Crippen molar-refractivity contribution in [2.75, 3.05) is 6.54 Å². The van der Waals surface area contributed by atoms with Gasteiger partial charge < -0.3 is 16.2 Å². The first kappa shape index (κ1) is 13.4. The first-order valence-corrected chi connectivity index (χ1v) is 5.05. The lowest BCUT2D eigenvalue weighted by molar-refractivity contribution is -0.156. The highest BCUT2D eigenvalue weighted by Crippen LogP contribution is 2.09. The SMILES string of the molecule is CC(C)(C)OC(=O)C(N)CCCCN. The summed E-state index contributed by atoms with van der Waals surface area (Å²) in [7, 11) is 0. The number of nitrogens with two attached hydrogens (primary N) is 2. The Morgan fingerprint density at radius 3 is 2.36 bits per heavy atom. The molecule has 14 heavy (non-hydrogen) atoms. The molecule has 1 unspecified atom stereocenters. The second-order valence-electron chi connectivity index (χ2n) is 4.42. The van der Waals surface area contributed by atoms with E-state index >= 15 is 0 Å². The zero-order valence-corrected chi connectivity index (χ0v) is 9.38. The van der Waals surface area contributed by atoms with Crippen LogP contribution in [0.1, 0.15) is 40.0 Å². The van der Waals surface area contributed by atoms with Gasteiger partial charge in [0.1, 0.15) is 11.6 Å². The fraction of sp³-hybridized carbons (Fsp3) is 0.900. The fourth-order valence-electron chi connectivity index (χ4n) is 1.00. The van der Waals surface area contributed by atoms with Gasteiger partial charge in [-0.1, -0.05) is 6.42 Å². The van der Waals surface area contributed by atoms with E-state index in [2.05, 4.69) is 0 Å². The van der Waals surface area contributed by atoms with E-state index in [1.54, 1.807) is 0 Å². The zero-order valence-electron chi connectivity index (χ0n) is 9.38. The molecule has 0 fully saturated rings. The van der Waals surface area contributed by atoms with E-state index in [-0.39, 0.29) is 5.97 Å². The van der Waals surface area contributed by atoms with Crippen LogP contribution in [0.5, 0.6) is 0 Å². The molecule has 0 radical (unpaired) electrons. The lowest BCUT2D eigenvalue weighted by atomic mass is 10.1.